The fourth-order valence-corrected chi connectivity index (χ4v) is 6.41. The first kappa shape index (κ1) is 13.9. The lowest BCUT2D eigenvalue weighted by Gasteiger charge is -2.69. The molecule has 1 nitrogen and oxygen atoms in total. The molecule has 0 spiro atoms. The van der Waals surface area contributed by atoms with Crippen molar-refractivity contribution in [2.75, 3.05) is 0 Å². The minimum absolute atomic E-state index is 0.532. The molecule has 0 radical (unpaired) electrons. The van der Waals surface area contributed by atoms with Crippen molar-refractivity contribution in [1.82, 2.24) is 4.90 Å². The number of hydrogen-bond acceptors (Lipinski definition) is 1. The Morgan fingerprint density at radius 1 is 0.842 bits per heavy atom. The average Bonchev–Trinajstić information content (AvgIpc) is 2.45. The molecule has 3 fully saturated rings. The highest BCUT2D eigenvalue weighted by atomic mass is 15.4. The highest BCUT2D eigenvalue weighted by Crippen LogP contribution is 2.60. The fraction of sp³-hybridized carbons (Fsp3) is 1.00. The molecule has 2 atom stereocenters. The molecule has 0 N–H and O–H groups in total. The van der Waals surface area contributed by atoms with E-state index in [1.807, 2.05) is 0 Å². The zero-order valence-electron chi connectivity index (χ0n) is 13.6. The van der Waals surface area contributed by atoms with E-state index < -0.39 is 0 Å². The summed E-state index contributed by atoms with van der Waals surface area (Å²) in [5.41, 5.74) is 1.61. The van der Waals surface area contributed by atoms with Crippen molar-refractivity contribution in [3.8, 4) is 0 Å². The Bertz CT molecular complexity index is 324. The van der Waals surface area contributed by atoms with Gasteiger partial charge in [0, 0.05) is 16.6 Å². The number of nitrogens with zero attached hydrogens (tertiary/aromatic N) is 1. The third-order valence-electron chi connectivity index (χ3n) is 6.32. The number of hydrogen-bond donors (Lipinski definition) is 0. The van der Waals surface area contributed by atoms with E-state index in [1.165, 1.54) is 64.2 Å². The summed E-state index contributed by atoms with van der Waals surface area (Å²) in [6, 6.07) is 0. The molecular weight excluding hydrogens is 230 g/mol. The minimum Gasteiger partial charge on any atom is -0.287 e. The van der Waals surface area contributed by atoms with Crippen LogP contribution in [0.5, 0.6) is 0 Å². The van der Waals surface area contributed by atoms with Gasteiger partial charge in [-0.3, -0.25) is 4.90 Å². The van der Waals surface area contributed by atoms with Crippen LogP contribution < -0.4 is 0 Å². The molecule has 3 aliphatic rings. The lowest BCUT2D eigenvalue weighted by atomic mass is 9.64. The van der Waals surface area contributed by atoms with Gasteiger partial charge in [-0.2, -0.15) is 0 Å². The molecule has 2 unspecified atom stereocenters. The standard InChI is InChI=1S/C18H33N/c1-15(2)13-18-11-7-5-9-16(3)14-17(4,19(16)18)10-6-8-12-18/h15H,5-14H2,1-4H3. The molecule has 0 aliphatic carbocycles. The molecule has 0 aromatic carbocycles. The Morgan fingerprint density at radius 3 is 1.79 bits per heavy atom. The molecule has 0 aromatic rings. The van der Waals surface area contributed by atoms with Crippen LogP contribution in [0.4, 0.5) is 0 Å². The molecule has 3 rings (SSSR count). The fourth-order valence-electron chi connectivity index (χ4n) is 6.41. The maximum absolute atomic E-state index is 3.06. The van der Waals surface area contributed by atoms with Crippen molar-refractivity contribution >= 4 is 0 Å². The topological polar surface area (TPSA) is 3.24 Å². The van der Waals surface area contributed by atoms with E-state index in [2.05, 4.69) is 32.6 Å². The van der Waals surface area contributed by atoms with Crippen molar-refractivity contribution < 1.29 is 0 Å². The van der Waals surface area contributed by atoms with Gasteiger partial charge in [-0.05, 0) is 58.3 Å². The summed E-state index contributed by atoms with van der Waals surface area (Å²) in [5.74, 6) is 0.838. The molecule has 3 heterocycles. The van der Waals surface area contributed by atoms with E-state index in [9.17, 15) is 0 Å². The lowest BCUT2D eigenvalue weighted by Crippen LogP contribution is -2.77. The van der Waals surface area contributed by atoms with E-state index in [1.54, 1.807) is 0 Å². The van der Waals surface area contributed by atoms with Crippen LogP contribution in [0.15, 0.2) is 0 Å². The van der Waals surface area contributed by atoms with Crippen LogP contribution in [0.2, 0.25) is 0 Å². The van der Waals surface area contributed by atoms with E-state index >= 15 is 0 Å². The van der Waals surface area contributed by atoms with Gasteiger partial charge in [0.2, 0.25) is 0 Å². The highest BCUT2D eigenvalue weighted by Gasteiger charge is 2.63. The first-order chi connectivity index (χ1) is 8.90. The van der Waals surface area contributed by atoms with E-state index in [-0.39, 0.29) is 0 Å². The smallest absolute Gasteiger partial charge is 0.0222 e. The summed E-state index contributed by atoms with van der Waals surface area (Å²) < 4.78 is 0. The minimum atomic E-state index is 0.532. The van der Waals surface area contributed by atoms with Crippen LogP contribution >= 0.6 is 0 Å². The summed E-state index contributed by atoms with van der Waals surface area (Å²) in [4.78, 5) is 3.06. The third kappa shape index (κ3) is 2.07. The maximum Gasteiger partial charge on any atom is 0.0222 e. The molecule has 0 saturated carbocycles. The van der Waals surface area contributed by atoms with Crippen molar-refractivity contribution in [2.45, 2.75) is 109 Å². The second-order valence-electron chi connectivity index (χ2n) is 8.74. The van der Waals surface area contributed by atoms with Crippen LogP contribution in [0.3, 0.4) is 0 Å². The summed E-state index contributed by atoms with van der Waals surface area (Å²) in [6.45, 7) is 10.00. The molecule has 1 heteroatoms. The molecule has 19 heavy (non-hydrogen) atoms. The zero-order chi connectivity index (χ0) is 13.7. The van der Waals surface area contributed by atoms with Crippen molar-refractivity contribution in [3.63, 3.8) is 0 Å². The highest BCUT2D eigenvalue weighted by molar-refractivity contribution is 5.19. The Hall–Kier alpha value is -0.0400. The Balaban J connectivity index is 2.00. The Kier molecular flexibility index (Phi) is 3.28. The third-order valence-corrected chi connectivity index (χ3v) is 6.32. The van der Waals surface area contributed by atoms with Gasteiger partial charge < -0.3 is 0 Å². The second kappa shape index (κ2) is 4.48. The van der Waals surface area contributed by atoms with Crippen molar-refractivity contribution in [2.24, 2.45) is 5.92 Å². The van der Waals surface area contributed by atoms with Crippen molar-refractivity contribution in [1.29, 1.82) is 0 Å². The van der Waals surface area contributed by atoms with E-state index in [0.29, 0.717) is 16.6 Å². The molecule has 0 bridgehead atoms. The van der Waals surface area contributed by atoms with Gasteiger partial charge in [-0.1, -0.05) is 39.5 Å². The van der Waals surface area contributed by atoms with Crippen LogP contribution in [-0.2, 0) is 0 Å². The molecule has 3 saturated heterocycles. The number of rotatable bonds is 2. The van der Waals surface area contributed by atoms with Crippen LogP contribution in [0.1, 0.15) is 91.9 Å². The Labute approximate surface area is 120 Å². The van der Waals surface area contributed by atoms with Gasteiger partial charge in [0.05, 0.1) is 0 Å². The summed E-state index contributed by atoms with van der Waals surface area (Å²) in [7, 11) is 0. The summed E-state index contributed by atoms with van der Waals surface area (Å²) in [5, 5.41) is 0. The second-order valence-corrected chi connectivity index (χ2v) is 8.74. The first-order valence-corrected chi connectivity index (χ1v) is 8.71. The maximum atomic E-state index is 3.06. The molecule has 3 aliphatic heterocycles. The predicted molar refractivity (Wildman–Crippen MR) is 82.4 cm³/mol. The van der Waals surface area contributed by atoms with Crippen molar-refractivity contribution in [3.05, 3.63) is 0 Å². The van der Waals surface area contributed by atoms with E-state index in [0.717, 1.165) is 5.92 Å². The van der Waals surface area contributed by atoms with Crippen LogP contribution in [0, 0.1) is 5.92 Å². The molecule has 0 amide bonds. The summed E-state index contributed by atoms with van der Waals surface area (Å²) in [6.07, 6.45) is 14.6. The van der Waals surface area contributed by atoms with Gasteiger partial charge in [-0.25, -0.2) is 0 Å². The van der Waals surface area contributed by atoms with Crippen LogP contribution in [-0.4, -0.2) is 21.5 Å². The van der Waals surface area contributed by atoms with Gasteiger partial charge in [0.1, 0.15) is 0 Å². The largest absolute Gasteiger partial charge is 0.287 e. The monoisotopic (exact) mass is 263 g/mol. The molecule has 110 valence electrons. The SMILES string of the molecule is CC(C)CC12CCCCC3(C)CC(C)(CCCC1)N32. The molecular formula is C18H33N. The lowest BCUT2D eigenvalue weighted by molar-refractivity contribution is -0.194. The summed E-state index contributed by atoms with van der Waals surface area (Å²) >= 11 is 0. The van der Waals surface area contributed by atoms with Gasteiger partial charge in [0.25, 0.3) is 0 Å². The van der Waals surface area contributed by atoms with Crippen LogP contribution in [0.25, 0.3) is 0 Å². The normalized spacial score (nSPS) is 47.2. The predicted octanol–water partition coefficient (Wildman–Crippen LogP) is 5.14. The zero-order valence-corrected chi connectivity index (χ0v) is 13.6. The first-order valence-electron chi connectivity index (χ1n) is 8.71. The van der Waals surface area contributed by atoms with Gasteiger partial charge in [0.15, 0.2) is 0 Å². The van der Waals surface area contributed by atoms with E-state index in [4.69, 9.17) is 0 Å². The van der Waals surface area contributed by atoms with Gasteiger partial charge in [-0.15, -0.1) is 0 Å². The molecule has 0 aromatic heterocycles. The van der Waals surface area contributed by atoms with Gasteiger partial charge >= 0.3 is 0 Å². The Morgan fingerprint density at radius 2 is 1.32 bits per heavy atom. The average molecular weight is 263 g/mol. The quantitative estimate of drug-likeness (QED) is 0.666.